The minimum atomic E-state index is 0.267. The molecule has 2 aromatic heterocycles. The van der Waals surface area contributed by atoms with E-state index in [1.807, 2.05) is 37.3 Å². The standard InChI is InChI=1S/C15H12ClN3O/c1-9-5-11(8-18-7-9)14-13(15(17)20-19-14)10-3-2-4-12(16)6-10/h2-8H,17H2,1H3. The van der Waals surface area contributed by atoms with Crippen molar-refractivity contribution >= 4 is 17.5 Å². The van der Waals surface area contributed by atoms with Crippen molar-refractivity contribution < 1.29 is 4.52 Å². The van der Waals surface area contributed by atoms with Crippen molar-refractivity contribution in [1.29, 1.82) is 0 Å². The van der Waals surface area contributed by atoms with Crippen molar-refractivity contribution in [3.8, 4) is 22.4 Å². The van der Waals surface area contributed by atoms with Crippen LogP contribution in [0.1, 0.15) is 5.56 Å². The number of halogens is 1. The first-order valence-corrected chi connectivity index (χ1v) is 6.46. The highest BCUT2D eigenvalue weighted by Crippen LogP contribution is 2.36. The number of benzene rings is 1. The lowest BCUT2D eigenvalue weighted by Gasteiger charge is -2.03. The Bertz CT molecular complexity index is 767. The monoisotopic (exact) mass is 285 g/mol. The quantitative estimate of drug-likeness (QED) is 0.774. The molecule has 20 heavy (non-hydrogen) atoms. The van der Waals surface area contributed by atoms with Crippen molar-refractivity contribution in [2.24, 2.45) is 0 Å². The normalized spacial score (nSPS) is 10.7. The molecule has 0 amide bonds. The number of nitrogen functional groups attached to an aromatic ring is 1. The highest BCUT2D eigenvalue weighted by atomic mass is 35.5. The summed E-state index contributed by atoms with van der Waals surface area (Å²) in [6.45, 7) is 1.97. The lowest BCUT2D eigenvalue weighted by Crippen LogP contribution is -1.89. The van der Waals surface area contributed by atoms with E-state index >= 15 is 0 Å². The molecule has 0 aliphatic rings. The van der Waals surface area contributed by atoms with Gasteiger partial charge in [-0.15, -0.1) is 0 Å². The van der Waals surface area contributed by atoms with E-state index in [0.29, 0.717) is 10.7 Å². The second kappa shape index (κ2) is 4.98. The van der Waals surface area contributed by atoms with Gasteiger partial charge in [0.15, 0.2) is 0 Å². The maximum absolute atomic E-state index is 6.03. The van der Waals surface area contributed by atoms with Crippen LogP contribution in [0.15, 0.2) is 47.2 Å². The number of hydrogen-bond donors (Lipinski definition) is 1. The molecule has 0 saturated carbocycles. The Kier molecular flexibility index (Phi) is 3.16. The molecule has 5 heteroatoms. The summed E-state index contributed by atoms with van der Waals surface area (Å²) in [5.41, 5.74) is 10.1. The summed E-state index contributed by atoms with van der Waals surface area (Å²) in [4.78, 5) is 4.17. The summed E-state index contributed by atoms with van der Waals surface area (Å²) in [6, 6.07) is 9.40. The van der Waals surface area contributed by atoms with Crippen LogP contribution in [0.2, 0.25) is 5.02 Å². The maximum Gasteiger partial charge on any atom is 0.230 e. The van der Waals surface area contributed by atoms with E-state index in [0.717, 1.165) is 22.3 Å². The van der Waals surface area contributed by atoms with Crippen LogP contribution in [-0.4, -0.2) is 10.1 Å². The molecule has 2 N–H and O–H groups in total. The highest BCUT2D eigenvalue weighted by molar-refractivity contribution is 6.30. The molecule has 0 fully saturated rings. The van der Waals surface area contributed by atoms with Gasteiger partial charge in [-0.2, -0.15) is 0 Å². The van der Waals surface area contributed by atoms with E-state index in [4.69, 9.17) is 21.9 Å². The first-order chi connectivity index (χ1) is 9.65. The molecule has 0 spiro atoms. The van der Waals surface area contributed by atoms with E-state index in [9.17, 15) is 0 Å². The van der Waals surface area contributed by atoms with Crippen LogP contribution in [0.5, 0.6) is 0 Å². The number of aryl methyl sites for hydroxylation is 1. The number of nitrogens with two attached hydrogens (primary N) is 1. The molecule has 3 rings (SSSR count). The van der Waals surface area contributed by atoms with Gasteiger partial charge in [0.05, 0.1) is 5.56 Å². The third-order valence-electron chi connectivity index (χ3n) is 2.98. The molecule has 1 aromatic carbocycles. The fourth-order valence-corrected chi connectivity index (χ4v) is 2.30. The van der Waals surface area contributed by atoms with Gasteiger partial charge in [0, 0.05) is 23.0 Å². The summed E-state index contributed by atoms with van der Waals surface area (Å²) in [7, 11) is 0. The zero-order chi connectivity index (χ0) is 14.1. The first kappa shape index (κ1) is 12.7. The molecule has 0 aliphatic heterocycles. The van der Waals surface area contributed by atoms with Crippen LogP contribution in [0, 0.1) is 6.92 Å². The lowest BCUT2D eigenvalue weighted by molar-refractivity contribution is 0.439. The van der Waals surface area contributed by atoms with Gasteiger partial charge >= 0.3 is 0 Å². The predicted molar refractivity (Wildman–Crippen MR) is 79.3 cm³/mol. The Balaban J connectivity index is 2.20. The summed E-state index contributed by atoms with van der Waals surface area (Å²) in [5, 5.41) is 4.69. The Hall–Kier alpha value is -2.33. The zero-order valence-corrected chi connectivity index (χ0v) is 11.6. The number of pyridine rings is 1. The van der Waals surface area contributed by atoms with Gasteiger partial charge < -0.3 is 10.3 Å². The van der Waals surface area contributed by atoms with Crippen molar-refractivity contribution in [1.82, 2.24) is 10.1 Å². The molecule has 0 saturated heterocycles. The molecule has 4 nitrogen and oxygen atoms in total. The van der Waals surface area contributed by atoms with Crippen molar-refractivity contribution in [2.45, 2.75) is 6.92 Å². The zero-order valence-electron chi connectivity index (χ0n) is 10.8. The van der Waals surface area contributed by atoms with Crippen LogP contribution in [0.4, 0.5) is 5.88 Å². The van der Waals surface area contributed by atoms with Crippen LogP contribution in [-0.2, 0) is 0 Å². The average molecular weight is 286 g/mol. The summed E-state index contributed by atoms with van der Waals surface area (Å²) in [5.74, 6) is 0.267. The molecule has 0 atom stereocenters. The maximum atomic E-state index is 6.03. The summed E-state index contributed by atoms with van der Waals surface area (Å²) >= 11 is 6.03. The minimum absolute atomic E-state index is 0.267. The number of anilines is 1. The molecule has 0 radical (unpaired) electrons. The molecular weight excluding hydrogens is 274 g/mol. The second-order valence-electron chi connectivity index (χ2n) is 4.53. The largest absolute Gasteiger partial charge is 0.367 e. The van der Waals surface area contributed by atoms with E-state index in [1.54, 1.807) is 12.4 Å². The Morgan fingerprint density at radius 3 is 2.75 bits per heavy atom. The Labute approximate surface area is 121 Å². The van der Waals surface area contributed by atoms with Crippen LogP contribution in [0.25, 0.3) is 22.4 Å². The average Bonchev–Trinajstić information content (AvgIpc) is 2.80. The van der Waals surface area contributed by atoms with E-state index in [1.165, 1.54) is 0 Å². The van der Waals surface area contributed by atoms with Gasteiger partial charge in [-0.25, -0.2) is 0 Å². The SMILES string of the molecule is Cc1cncc(-c2noc(N)c2-c2cccc(Cl)c2)c1. The number of aromatic nitrogens is 2. The first-order valence-electron chi connectivity index (χ1n) is 6.08. The van der Waals surface area contributed by atoms with Crippen LogP contribution in [0.3, 0.4) is 0 Å². The topological polar surface area (TPSA) is 64.9 Å². The predicted octanol–water partition coefficient (Wildman–Crippen LogP) is 3.95. The van der Waals surface area contributed by atoms with Gasteiger partial charge in [-0.3, -0.25) is 4.98 Å². The van der Waals surface area contributed by atoms with Crippen LogP contribution >= 0.6 is 11.6 Å². The number of nitrogens with zero attached hydrogens (tertiary/aromatic N) is 2. The fraction of sp³-hybridized carbons (Fsp3) is 0.0667. The molecule has 2 heterocycles. The smallest absolute Gasteiger partial charge is 0.230 e. The molecule has 0 bridgehead atoms. The number of hydrogen-bond acceptors (Lipinski definition) is 4. The van der Waals surface area contributed by atoms with Crippen molar-refractivity contribution in [3.05, 3.63) is 53.3 Å². The number of rotatable bonds is 2. The molecule has 100 valence electrons. The fourth-order valence-electron chi connectivity index (χ4n) is 2.11. The highest BCUT2D eigenvalue weighted by Gasteiger charge is 2.17. The second-order valence-corrected chi connectivity index (χ2v) is 4.97. The third kappa shape index (κ3) is 2.26. The Morgan fingerprint density at radius 2 is 2.00 bits per heavy atom. The molecule has 0 unspecified atom stereocenters. The van der Waals surface area contributed by atoms with Gasteiger partial charge in [-0.1, -0.05) is 28.9 Å². The van der Waals surface area contributed by atoms with Gasteiger partial charge in [0.25, 0.3) is 0 Å². The molecular formula is C15H12ClN3O. The summed E-state index contributed by atoms with van der Waals surface area (Å²) in [6.07, 6.45) is 3.52. The van der Waals surface area contributed by atoms with Crippen molar-refractivity contribution in [3.63, 3.8) is 0 Å². The third-order valence-corrected chi connectivity index (χ3v) is 3.22. The Morgan fingerprint density at radius 1 is 1.15 bits per heavy atom. The van der Waals surface area contributed by atoms with Crippen molar-refractivity contribution in [2.75, 3.05) is 5.73 Å². The molecule has 3 aromatic rings. The van der Waals surface area contributed by atoms with E-state index < -0.39 is 0 Å². The van der Waals surface area contributed by atoms with E-state index in [2.05, 4.69) is 10.1 Å². The summed E-state index contributed by atoms with van der Waals surface area (Å²) < 4.78 is 5.14. The van der Waals surface area contributed by atoms with Gasteiger partial charge in [-0.05, 0) is 36.2 Å². The molecule has 0 aliphatic carbocycles. The lowest BCUT2D eigenvalue weighted by atomic mass is 10.0. The van der Waals surface area contributed by atoms with Gasteiger partial charge in [0.2, 0.25) is 5.88 Å². The van der Waals surface area contributed by atoms with Crippen LogP contribution < -0.4 is 5.73 Å². The van der Waals surface area contributed by atoms with Gasteiger partial charge in [0.1, 0.15) is 5.69 Å². The minimum Gasteiger partial charge on any atom is -0.367 e. The van der Waals surface area contributed by atoms with E-state index in [-0.39, 0.29) is 5.88 Å².